The zero-order valence-corrected chi connectivity index (χ0v) is 10.3. The lowest BCUT2D eigenvalue weighted by Crippen LogP contribution is -2.30. The molecule has 1 heterocycles. The Kier molecular flexibility index (Phi) is 3.74. The Morgan fingerprint density at radius 3 is 2.61 bits per heavy atom. The van der Waals surface area contributed by atoms with Gasteiger partial charge < -0.3 is 15.2 Å². The molecule has 1 aromatic carbocycles. The first-order chi connectivity index (χ1) is 8.70. The van der Waals surface area contributed by atoms with E-state index in [2.05, 4.69) is 15.8 Å². The quantitative estimate of drug-likeness (QED) is 0.863. The van der Waals surface area contributed by atoms with Gasteiger partial charge in [0.1, 0.15) is 11.8 Å². The normalized spacial score (nSPS) is 12.1. The first-order valence-electron chi connectivity index (χ1n) is 5.67. The molecule has 0 radical (unpaired) electrons. The smallest absolute Gasteiger partial charge is 0.247 e. The molecule has 2 aromatic rings. The number of aryl methyl sites for hydroxylation is 1. The molecule has 94 valence electrons. The van der Waals surface area contributed by atoms with E-state index in [0.717, 1.165) is 5.56 Å². The van der Waals surface area contributed by atoms with Gasteiger partial charge in [-0.05, 0) is 19.5 Å². The van der Waals surface area contributed by atoms with Crippen molar-refractivity contribution in [2.75, 3.05) is 12.4 Å². The van der Waals surface area contributed by atoms with Gasteiger partial charge in [-0.15, -0.1) is 0 Å². The Morgan fingerprint density at radius 2 is 2.06 bits per heavy atom. The maximum Gasteiger partial charge on any atom is 0.247 e. The van der Waals surface area contributed by atoms with Gasteiger partial charge in [-0.3, -0.25) is 4.79 Å². The van der Waals surface area contributed by atoms with Crippen LogP contribution in [-0.2, 0) is 4.79 Å². The SMILES string of the molecule is CN[C@H](C(=O)Nc1cc(C)on1)c1ccccc1. The van der Waals surface area contributed by atoms with E-state index in [1.165, 1.54) is 0 Å². The summed E-state index contributed by atoms with van der Waals surface area (Å²) in [5, 5.41) is 9.41. The van der Waals surface area contributed by atoms with Crippen LogP contribution < -0.4 is 10.6 Å². The van der Waals surface area contributed by atoms with Gasteiger partial charge in [0.2, 0.25) is 5.91 Å². The number of amides is 1. The molecule has 1 aromatic heterocycles. The van der Waals surface area contributed by atoms with Crippen molar-refractivity contribution < 1.29 is 9.32 Å². The number of aromatic nitrogens is 1. The summed E-state index contributed by atoms with van der Waals surface area (Å²) >= 11 is 0. The number of hydrogen-bond acceptors (Lipinski definition) is 4. The largest absolute Gasteiger partial charge is 0.360 e. The summed E-state index contributed by atoms with van der Waals surface area (Å²) < 4.78 is 4.90. The fourth-order valence-corrected chi connectivity index (χ4v) is 1.72. The van der Waals surface area contributed by atoms with Crippen LogP contribution in [0.2, 0.25) is 0 Å². The van der Waals surface area contributed by atoms with Gasteiger partial charge in [0.25, 0.3) is 0 Å². The Bertz CT molecular complexity index is 522. The molecule has 0 aliphatic carbocycles. The molecule has 0 unspecified atom stereocenters. The Morgan fingerprint density at radius 1 is 1.33 bits per heavy atom. The predicted octanol–water partition coefficient (Wildman–Crippen LogP) is 1.88. The molecular formula is C13H15N3O2. The summed E-state index contributed by atoms with van der Waals surface area (Å²) in [6.07, 6.45) is 0. The first kappa shape index (κ1) is 12.3. The van der Waals surface area contributed by atoms with Crippen LogP contribution in [0.5, 0.6) is 0 Å². The highest BCUT2D eigenvalue weighted by molar-refractivity contribution is 5.94. The van der Waals surface area contributed by atoms with E-state index in [-0.39, 0.29) is 5.91 Å². The number of likely N-dealkylation sites (N-methyl/N-ethyl adjacent to an activating group) is 1. The molecule has 0 aliphatic heterocycles. The van der Waals surface area contributed by atoms with Gasteiger partial charge in [0.05, 0.1) is 0 Å². The van der Waals surface area contributed by atoms with E-state index in [4.69, 9.17) is 4.52 Å². The standard InChI is InChI=1S/C13H15N3O2/c1-9-8-11(16-18-9)15-13(17)12(14-2)10-6-4-3-5-7-10/h3-8,12,14H,1-2H3,(H,15,16,17)/t12-/m0/s1. The maximum absolute atomic E-state index is 12.1. The molecule has 0 saturated carbocycles. The Labute approximate surface area is 105 Å². The summed E-state index contributed by atoms with van der Waals surface area (Å²) in [4.78, 5) is 12.1. The minimum atomic E-state index is -0.414. The average Bonchev–Trinajstić information content (AvgIpc) is 2.77. The molecule has 2 rings (SSSR count). The van der Waals surface area contributed by atoms with Crippen LogP contribution in [0.1, 0.15) is 17.4 Å². The van der Waals surface area contributed by atoms with Crippen LogP contribution >= 0.6 is 0 Å². The second-order valence-corrected chi connectivity index (χ2v) is 3.94. The van der Waals surface area contributed by atoms with Crippen molar-refractivity contribution in [3.05, 3.63) is 47.7 Å². The van der Waals surface area contributed by atoms with Crippen LogP contribution in [0, 0.1) is 6.92 Å². The number of nitrogens with zero attached hydrogens (tertiary/aromatic N) is 1. The van der Waals surface area contributed by atoms with Crippen LogP contribution in [0.25, 0.3) is 0 Å². The fourth-order valence-electron chi connectivity index (χ4n) is 1.72. The second kappa shape index (κ2) is 5.46. The molecule has 0 bridgehead atoms. The molecule has 2 N–H and O–H groups in total. The van der Waals surface area contributed by atoms with Crippen molar-refractivity contribution in [3.63, 3.8) is 0 Å². The summed E-state index contributed by atoms with van der Waals surface area (Å²) in [5.41, 5.74) is 0.901. The topological polar surface area (TPSA) is 67.2 Å². The van der Waals surface area contributed by atoms with E-state index in [0.29, 0.717) is 11.6 Å². The van der Waals surface area contributed by atoms with E-state index < -0.39 is 6.04 Å². The van der Waals surface area contributed by atoms with Gasteiger partial charge in [-0.2, -0.15) is 0 Å². The fraction of sp³-hybridized carbons (Fsp3) is 0.231. The Balaban J connectivity index is 2.11. The lowest BCUT2D eigenvalue weighted by atomic mass is 10.1. The van der Waals surface area contributed by atoms with Gasteiger partial charge in [-0.25, -0.2) is 0 Å². The summed E-state index contributed by atoms with van der Waals surface area (Å²) in [5.74, 6) is 0.914. The molecule has 0 fully saturated rings. The number of anilines is 1. The maximum atomic E-state index is 12.1. The van der Waals surface area contributed by atoms with E-state index >= 15 is 0 Å². The zero-order valence-electron chi connectivity index (χ0n) is 10.3. The van der Waals surface area contributed by atoms with Crippen LogP contribution in [0.4, 0.5) is 5.82 Å². The summed E-state index contributed by atoms with van der Waals surface area (Å²) in [6.45, 7) is 1.77. The molecule has 0 aliphatic rings. The van der Waals surface area contributed by atoms with Crippen LogP contribution in [0.15, 0.2) is 40.9 Å². The summed E-state index contributed by atoms with van der Waals surface area (Å²) in [7, 11) is 1.74. The van der Waals surface area contributed by atoms with Gasteiger partial charge in [0.15, 0.2) is 5.82 Å². The minimum Gasteiger partial charge on any atom is -0.360 e. The Hall–Kier alpha value is -2.14. The molecule has 1 amide bonds. The third-order valence-corrected chi connectivity index (χ3v) is 2.56. The van der Waals surface area contributed by atoms with Crippen molar-refractivity contribution in [3.8, 4) is 0 Å². The second-order valence-electron chi connectivity index (χ2n) is 3.94. The lowest BCUT2D eigenvalue weighted by molar-refractivity contribution is -0.118. The van der Waals surface area contributed by atoms with E-state index in [1.54, 1.807) is 20.0 Å². The molecule has 5 heteroatoms. The van der Waals surface area contributed by atoms with Crippen molar-refractivity contribution >= 4 is 11.7 Å². The predicted molar refractivity (Wildman–Crippen MR) is 68.1 cm³/mol. The highest BCUT2D eigenvalue weighted by Crippen LogP contribution is 2.15. The van der Waals surface area contributed by atoms with E-state index in [9.17, 15) is 4.79 Å². The van der Waals surface area contributed by atoms with Crippen LogP contribution in [-0.4, -0.2) is 18.1 Å². The third kappa shape index (κ3) is 2.75. The van der Waals surface area contributed by atoms with Crippen molar-refractivity contribution in [1.82, 2.24) is 10.5 Å². The molecule has 18 heavy (non-hydrogen) atoms. The first-order valence-corrected chi connectivity index (χ1v) is 5.67. The highest BCUT2D eigenvalue weighted by atomic mass is 16.5. The molecule has 1 atom stereocenters. The number of rotatable bonds is 4. The number of nitrogens with one attached hydrogen (secondary N) is 2. The number of hydrogen-bond donors (Lipinski definition) is 2. The number of carbonyl (C=O) groups is 1. The number of benzene rings is 1. The van der Waals surface area contributed by atoms with Gasteiger partial charge in [0, 0.05) is 6.07 Å². The monoisotopic (exact) mass is 245 g/mol. The van der Waals surface area contributed by atoms with E-state index in [1.807, 2.05) is 30.3 Å². The third-order valence-electron chi connectivity index (χ3n) is 2.56. The summed E-state index contributed by atoms with van der Waals surface area (Å²) in [6, 6.07) is 10.8. The number of carbonyl (C=O) groups excluding carboxylic acids is 1. The van der Waals surface area contributed by atoms with Crippen molar-refractivity contribution in [1.29, 1.82) is 0 Å². The van der Waals surface area contributed by atoms with Gasteiger partial charge in [-0.1, -0.05) is 35.5 Å². The average molecular weight is 245 g/mol. The molecular weight excluding hydrogens is 230 g/mol. The molecule has 0 saturated heterocycles. The lowest BCUT2D eigenvalue weighted by Gasteiger charge is -2.15. The highest BCUT2D eigenvalue weighted by Gasteiger charge is 2.19. The minimum absolute atomic E-state index is 0.169. The van der Waals surface area contributed by atoms with Crippen molar-refractivity contribution in [2.24, 2.45) is 0 Å². The molecule has 5 nitrogen and oxygen atoms in total. The zero-order chi connectivity index (χ0) is 13.0. The molecule has 0 spiro atoms. The van der Waals surface area contributed by atoms with Crippen molar-refractivity contribution in [2.45, 2.75) is 13.0 Å². The van der Waals surface area contributed by atoms with Crippen LogP contribution in [0.3, 0.4) is 0 Å². The van der Waals surface area contributed by atoms with Gasteiger partial charge >= 0.3 is 0 Å².